The first kappa shape index (κ1) is 22.2. The molecule has 1 N–H and O–H groups in total. The Labute approximate surface area is 204 Å². The van der Waals surface area contributed by atoms with Gasteiger partial charge in [0.05, 0.1) is 41.3 Å². The van der Waals surface area contributed by atoms with Gasteiger partial charge in [0.1, 0.15) is 0 Å². The van der Waals surface area contributed by atoms with Crippen LogP contribution in [0, 0.1) is 0 Å². The van der Waals surface area contributed by atoms with Crippen molar-refractivity contribution in [3.8, 4) is 11.3 Å². The second-order valence-electron chi connectivity index (χ2n) is 10.1. The van der Waals surface area contributed by atoms with E-state index in [4.69, 9.17) is 4.98 Å². The third-order valence-corrected chi connectivity index (χ3v) is 7.76. The van der Waals surface area contributed by atoms with E-state index in [0.717, 1.165) is 80.1 Å². The Balaban J connectivity index is 1.40. The summed E-state index contributed by atoms with van der Waals surface area (Å²) >= 11 is 0. The highest BCUT2D eigenvalue weighted by Crippen LogP contribution is 2.33. The largest absolute Gasteiger partial charge is 0.391 e. The lowest BCUT2D eigenvalue weighted by atomic mass is 9.84. The summed E-state index contributed by atoms with van der Waals surface area (Å²) in [6.45, 7) is 0. The Hall–Kier alpha value is -3.32. The van der Waals surface area contributed by atoms with Crippen LogP contribution in [-0.2, 0) is 26.3 Å². The van der Waals surface area contributed by atoms with E-state index in [9.17, 15) is 9.90 Å². The lowest BCUT2D eigenvalue weighted by molar-refractivity contribution is 0.0735. The van der Waals surface area contributed by atoms with Crippen LogP contribution in [0.1, 0.15) is 66.8 Å². The first-order chi connectivity index (χ1) is 17.1. The highest BCUT2D eigenvalue weighted by atomic mass is 16.3. The third-order valence-electron chi connectivity index (χ3n) is 7.76. The summed E-state index contributed by atoms with van der Waals surface area (Å²) in [5.41, 5.74) is 7.63. The first-order valence-electron chi connectivity index (χ1n) is 12.7. The number of aryl methyl sites for hydroxylation is 2. The van der Waals surface area contributed by atoms with Crippen molar-refractivity contribution in [2.75, 3.05) is 0 Å². The van der Waals surface area contributed by atoms with Crippen LogP contribution < -0.4 is 5.56 Å². The molecule has 2 atom stereocenters. The van der Waals surface area contributed by atoms with E-state index in [1.54, 1.807) is 15.6 Å². The summed E-state index contributed by atoms with van der Waals surface area (Å²) in [5.74, 6) is 0. The first-order valence-corrected chi connectivity index (χ1v) is 12.7. The van der Waals surface area contributed by atoms with Crippen molar-refractivity contribution < 1.29 is 5.11 Å². The predicted octanol–water partition coefficient (Wildman–Crippen LogP) is 4.14. The van der Waals surface area contributed by atoms with Crippen LogP contribution in [0.3, 0.4) is 0 Å². The maximum absolute atomic E-state index is 13.7. The zero-order valence-corrected chi connectivity index (χ0v) is 20.2. The van der Waals surface area contributed by atoms with Crippen molar-refractivity contribution in [3.63, 3.8) is 0 Å². The van der Waals surface area contributed by atoms with Gasteiger partial charge in [0.15, 0.2) is 0 Å². The molecule has 0 amide bonds. The molecule has 0 saturated heterocycles. The number of pyridine rings is 1. The van der Waals surface area contributed by atoms with Crippen molar-refractivity contribution in [1.82, 2.24) is 24.3 Å². The standard InChI is InChI=1S/C28H31N5O2/c1-32-16-20(15-31-32)24-11-10-18(14-29-24)12-19-13-23-27(22-7-3-2-6-21(19)22)30-17-33(28(23)35)25-8-4-5-9-26(25)34/h10-11,13-17,25-26,34H,2-9,12H2,1H3/t25-,26-/m0/s1. The normalized spacial score (nSPS) is 20.2. The minimum absolute atomic E-state index is 0.0272. The van der Waals surface area contributed by atoms with Gasteiger partial charge in [-0.2, -0.15) is 5.10 Å². The average molecular weight is 470 g/mol. The fraction of sp³-hybridized carbons (Fsp3) is 0.429. The van der Waals surface area contributed by atoms with Gasteiger partial charge >= 0.3 is 0 Å². The second-order valence-corrected chi connectivity index (χ2v) is 10.1. The smallest absolute Gasteiger partial charge is 0.261 e. The van der Waals surface area contributed by atoms with E-state index in [0.29, 0.717) is 5.39 Å². The number of benzene rings is 1. The van der Waals surface area contributed by atoms with Crippen molar-refractivity contribution >= 4 is 10.9 Å². The zero-order chi connectivity index (χ0) is 23.9. The summed E-state index contributed by atoms with van der Waals surface area (Å²) in [7, 11) is 1.90. The van der Waals surface area contributed by atoms with Gasteiger partial charge in [-0.05, 0) is 79.3 Å². The third kappa shape index (κ3) is 4.08. The van der Waals surface area contributed by atoms with Crippen molar-refractivity contribution in [3.05, 3.63) is 75.7 Å². The Morgan fingerprint density at radius 3 is 2.60 bits per heavy atom. The summed E-state index contributed by atoms with van der Waals surface area (Å²) in [6, 6.07) is 6.04. The molecule has 180 valence electrons. The van der Waals surface area contributed by atoms with Crippen LogP contribution in [0.4, 0.5) is 0 Å². The quantitative estimate of drug-likeness (QED) is 0.486. The van der Waals surface area contributed by atoms with Crippen LogP contribution in [0.5, 0.6) is 0 Å². The lowest BCUT2D eigenvalue weighted by Crippen LogP contribution is -2.35. The molecule has 4 aromatic rings. The molecule has 0 aliphatic heterocycles. The van der Waals surface area contributed by atoms with E-state index in [-0.39, 0.29) is 11.6 Å². The Bertz CT molecular complexity index is 1440. The molecule has 2 aliphatic carbocycles. The van der Waals surface area contributed by atoms with E-state index in [1.807, 2.05) is 31.7 Å². The van der Waals surface area contributed by atoms with Gasteiger partial charge in [0.2, 0.25) is 0 Å². The second kappa shape index (κ2) is 9.04. The number of aliphatic hydroxyl groups is 1. The van der Waals surface area contributed by atoms with Gasteiger partial charge in [-0.25, -0.2) is 4.98 Å². The molecule has 7 nitrogen and oxygen atoms in total. The Morgan fingerprint density at radius 1 is 1.03 bits per heavy atom. The maximum Gasteiger partial charge on any atom is 0.261 e. The summed E-state index contributed by atoms with van der Waals surface area (Å²) in [6.07, 6.45) is 15.5. The summed E-state index contributed by atoms with van der Waals surface area (Å²) in [4.78, 5) is 23.1. The van der Waals surface area contributed by atoms with Crippen LogP contribution in [0.2, 0.25) is 0 Å². The fourth-order valence-electron chi connectivity index (χ4n) is 5.92. The molecule has 1 saturated carbocycles. The zero-order valence-electron chi connectivity index (χ0n) is 20.2. The van der Waals surface area contributed by atoms with Gasteiger partial charge in [0, 0.05) is 25.0 Å². The number of fused-ring (bicyclic) bond motifs is 3. The van der Waals surface area contributed by atoms with Gasteiger partial charge in [-0.15, -0.1) is 0 Å². The molecule has 0 bridgehead atoms. The lowest BCUT2D eigenvalue weighted by Gasteiger charge is -2.29. The molecular weight excluding hydrogens is 438 g/mol. The van der Waals surface area contributed by atoms with Gasteiger partial charge in [-0.1, -0.05) is 18.9 Å². The van der Waals surface area contributed by atoms with E-state index in [2.05, 4.69) is 22.2 Å². The molecule has 2 aliphatic rings. The summed E-state index contributed by atoms with van der Waals surface area (Å²) < 4.78 is 3.47. The molecule has 1 fully saturated rings. The molecule has 3 aromatic heterocycles. The molecule has 35 heavy (non-hydrogen) atoms. The summed E-state index contributed by atoms with van der Waals surface area (Å²) in [5, 5.41) is 15.5. The topological polar surface area (TPSA) is 85.8 Å². The number of aliphatic hydroxyl groups excluding tert-OH is 1. The van der Waals surface area contributed by atoms with E-state index < -0.39 is 6.10 Å². The number of nitrogens with zero attached hydrogens (tertiary/aromatic N) is 5. The molecule has 0 radical (unpaired) electrons. The van der Waals surface area contributed by atoms with Crippen molar-refractivity contribution in [2.45, 2.75) is 69.9 Å². The van der Waals surface area contributed by atoms with Crippen molar-refractivity contribution in [2.24, 2.45) is 7.05 Å². The van der Waals surface area contributed by atoms with Gasteiger partial charge < -0.3 is 5.11 Å². The number of hydrogen-bond acceptors (Lipinski definition) is 5. The van der Waals surface area contributed by atoms with E-state index >= 15 is 0 Å². The van der Waals surface area contributed by atoms with Gasteiger partial charge in [-0.3, -0.25) is 19.0 Å². The Morgan fingerprint density at radius 2 is 1.86 bits per heavy atom. The number of aromatic nitrogens is 5. The number of rotatable bonds is 4. The van der Waals surface area contributed by atoms with Gasteiger partial charge in [0.25, 0.3) is 5.56 Å². The Kier molecular flexibility index (Phi) is 5.72. The highest BCUT2D eigenvalue weighted by Gasteiger charge is 2.27. The highest BCUT2D eigenvalue weighted by molar-refractivity contribution is 5.84. The monoisotopic (exact) mass is 469 g/mol. The molecule has 0 unspecified atom stereocenters. The molecule has 1 aromatic carbocycles. The van der Waals surface area contributed by atoms with Crippen LogP contribution in [0.15, 0.2) is 47.9 Å². The minimum Gasteiger partial charge on any atom is -0.391 e. The molecule has 6 rings (SSSR count). The fourth-order valence-corrected chi connectivity index (χ4v) is 5.92. The van der Waals surface area contributed by atoms with Crippen LogP contribution in [0.25, 0.3) is 22.2 Å². The van der Waals surface area contributed by atoms with Crippen LogP contribution >= 0.6 is 0 Å². The molecular formula is C28H31N5O2. The number of hydrogen-bond donors (Lipinski definition) is 1. The average Bonchev–Trinajstić information content (AvgIpc) is 3.32. The maximum atomic E-state index is 13.7. The molecule has 3 heterocycles. The SMILES string of the molecule is Cn1cc(-c2ccc(Cc3cc4c(=O)n([C@H]5CCCC[C@@H]5O)cnc4c4c3CCCC4)cn2)cn1. The molecule has 0 spiro atoms. The minimum atomic E-state index is -0.484. The molecule has 7 heteroatoms. The van der Waals surface area contributed by atoms with Crippen molar-refractivity contribution in [1.29, 1.82) is 0 Å². The predicted molar refractivity (Wildman–Crippen MR) is 135 cm³/mol. The van der Waals surface area contributed by atoms with Crippen LogP contribution in [-0.4, -0.2) is 35.5 Å². The van der Waals surface area contributed by atoms with E-state index in [1.165, 1.54) is 16.7 Å².